The van der Waals surface area contributed by atoms with Crippen LogP contribution in [0.2, 0.25) is 0 Å². The third-order valence-corrected chi connectivity index (χ3v) is 3.29. The smallest absolute Gasteiger partial charge is 0.203 e. The van der Waals surface area contributed by atoms with Gasteiger partial charge in [0, 0.05) is 25.4 Å². The van der Waals surface area contributed by atoms with E-state index in [1.807, 2.05) is 29.1 Å². The van der Waals surface area contributed by atoms with Crippen molar-refractivity contribution >= 4 is 5.82 Å². The molecule has 6 heteroatoms. The number of rotatable bonds is 8. The molecule has 2 rings (SSSR count). The van der Waals surface area contributed by atoms with Crippen LogP contribution < -0.4 is 19.5 Å². The molecule has 0 aliphatic carbocycles. The molecule has 0 radical (unpaired) electrons. The topological polar surface area (TPSA) is 57.5 Å². The summed E-state index contributed by atoms with van der Waals surface area (Å²) in [7, 11) is 4.82. The molecular weight excluding hydrogens is 282 g/mol. The third kappa shape index (κ3) is 3.63. The number of ether oxygens (including phenoxy) is 3. The Bertz CT molecular complexity index is 585. The molecule has 0 saturated carbocycles. The van der Waals surface area contributed by atoms with Crippen molar-refractivity contribution < 1.29 is 14.2 Å². The van der Waals surface area contributed by atoms with Crippen LogP contribution in [0.3, 0.4) is 0 Å². The lowest BCUT2D eigenvalue weighted by molar-refractivity contribution is 0.324. The lowest BCUT2D eigenvalue weighted by atomic mass is 10.2. The molecule has 0 amide bonds. The Kier molecular flexibility index (Phi) is 5.52. The summed E-state index contributed by atoms with van der Waals surface area (Å²) in [6.07, 6.45) is 3.04. The van der Waals surface area contributed by atoms with Crippen molar-refractivity contribution in [2.45, 2.75) is 26.4 Å². The lowest BCUT2D eigenvalue weighted by Gasteiger charge is -2.14. The highest BCUT2D eigenvalue weighted by molar-refractivity contribution is 5.54. The van der Waals surface area contributed by atoms with Crippen LogP contribution in [0.25, 0.3) is 0 Å². The van der Waals surface area contributed by atoms with E-state index in [0.29, 0.717) is 23.8 Å². The largest absolute Gasteiger partial charge is 0.493 e. The van der Waals surface area contributed by atoms with Gasteiger partial charge in [-0.05, 0) is 24.1 Å². The summed E-state index contributed by atoms with van der Waals surface area (Å²) in [5.41, 5.74) is 1.03. The summed E-state index contributed by atoms with van der Waals surface area (Å²) >= 11 is 0. The van der Waals surface area contributed by atoms with Crippen LogP contribution >= 0.6 is 0 Å². The third-order valence-electron chi connectivity index (χ3n) is 3.29. The molecule has 6 nitrogen and oxygen atoms in total. The van der Waals surface area contributed by atoms with Crippen molar-refractivity contribution in [3.8, 4) is 17.2 Å². The predicted octanol–water partition coefficient (Wildman–Crippen LogP) is 2.93. The van der Waals surface area contributed by atoms with Crippen LogP contribution in [-0.2, 0) is 13.1 Å². The number of nitrogens with one attached hydrogen (secondary N) is 1. The Morgan fingerprint density at radius 1 is 1.09 bits per heavy atom. The van der Waals surface area contributed by atoms with Crippen molar-refractivity contribution in [3.05, 3.63) is 30.0 Å². The van der Waals surface area contributed by atoms with E-state index in [4.69, 9.17) is 14.2 Å². The molecule has 1 aromatic heterocycles. The minimum Gasteiger partial charge on any atom is -0.493 e. The maximum atomic E-state index is 5.35. The second kappa shape index (κ2) is 7.59. The van der Waals surface area contributed by atoms with Crippen LogP contribution in [0.15, 0.2) is 24.4 Å². The van der Waals surface area contributed by atoms with E-state index >= 15 is 0 Å². The first-order chi connectivity index (χ1) is 10.7. The minimum absolute atomic E-state index is 0.598. The van der Waals surface area contributed by atoms with E-state index in [1.54, 1.807) is 21.3 Å². The Morgan fingerprint density at radius 2 is 1.77 bits per heavy atom. The van der Waals surface area contributed by atoms with Crippen molar-refractivity contribution in [2.24, 2.45) is 0 Å². The molecule has 0 spiro atoms. The van der Waals surface area contributed by atoms with Gasteiger partial charge in [0.1, 0.15) is 5.82 Å². The molecule has 0 fully saturated rings. The van der Waals surface area contributed by atoms with Crippen LogP contribution in [0, 0.1) is 0 Å². The quantitative estimate of drug-likeness (QED) is 0.812. The molecule has 2 aromatic rings. The standard InChI is InChI=1S/C16H23N3O3/c1-5-7-19-8-6-15(18-19)17-11-12-9-13(20-2)16(22-4)14(10-12)21-3/h6,8-10H,5,7,11H2,1-4H3,(H,17,18). The van der Waals surface area contributed by atoms with Gasteiger partial charge >= 0.3 is 0 Å². The molecule has 0 aliphatic heterocycles. The number of anilines is 1. The second-order valence-corrected chi connectivity index (χ2v) is 4.85. The number of hydrogen-bond acceptors (Lipinski definition) is 5. The summed E-state index contributed by atoms with van der Waals surface area (Å²) in [5, 5.41) is 7.75. The fraction of sp³-hybridized carbons (Fsp3) is 0.438. The van der Waals surface area contributed by atoms with E-state index in [9.17, 15) is 0 Å². The number of aromatic nitrogens is 2. The van der Waals surface area contributed by atoms with E-state index in [-0.39, 0.29) is 0 Å². The molecule has 1 N–H and O–H groups in total. The maximum Gasteiger partial charge on any atom is 0.203 e. The monoisotopic (exact) mass is 305 g/mol. The van der Waals surface area contributed by atoms with Gasteiger partial charge in [-0.15, -0.1) is 0 Å². The summed E-state index contributed by atoms with van der Waals surface area (Å²) < 4.78 is 18.0. The molecule has 0 bridgehead atoms. The van der Waals surface area contributed by atoms with Gasteiger partial charge in [0.05, 0.1) is 21.3 Å². The number of nitrogens with zero attached hydrogens (tertiary/aromatic N) is 2. The number of hydrogen-bond donors (Lipinski definition) is 1. The SMILES string of the molecule is CCCn1ccc(NCc2cc(OC)c(OC)c(OC)c2)n1. The van der Waals surface area contributed by atoms with Gasteiger partial charge in [-0.1, -0.05) is 6.92 Å². The molecule has 0 saturated heterocycles. The zero-order valence-electron chi connectivity index (χ0n) is 13.5. The summed E-state index contributed by atoms with van der Waals surface area (Å²) in [6, 6.07) is 5.82. The molecular formula is C16H23N3O3. The average Bonchev–Trinajstić information content (AvgIpc) is 2.99. The van der Waals surface area contributed by atoms with Crippen molar-refractivity contribution in [2.75, 3.05) is 26.6 Å². The molecule has 22 heavy (non-hydrogen) atoms. The Hall–Kier alpha value is -2.37. The van der Waals surface area contributed by atoms with E-state index < -0.39 is 0 Å². The Balaban J connectivity index is 2.11. The number of benzene rings is 1. The van der Waals surface area contributed by atoms with Gasteiger partial charge in [-0.25, -0.2) is 0 Å². The normalized spacial score (nSPS) is 10.4. The molecule has 0 unspecified atom stereocenters. The van der Waals surface area contributed by atoms with Gasteiger partial charge in [0.2, 0.25) is 5.75 Å². The molecule has 1 aromatic carbocycles. The first-order valence-corrected chi connectivity index (χ1v) is 7.28. The molecule has 120 valence electrons. The van der Waals surface area contributed by atoms with Gasteiger partial charge in [-0.3, -0.25) is 4.68 Å². The van der Waals surface area contributed by atoms with Gasteiger partial charge in [0.25, 0.3) is 0 Å². The highest BCUT2D eigenvalue weighted by Gasteiger charge is 2.13. The average molecular weight is 305 g/mol. The van der Waals surface area contributed by atoms with E-state index in [2.05, 4.69) is 17.3 Å². The first-order valence-electron chi connectivity index (χ1n) is 7.28. The number of aryl methyl sites for hydroxylation is 1. The molecule has 0 aliphatic rings. The molecule has 1 heterocycles. The summed E-state index contributed by atoms with van der Waals surface area (Å²) in [4.78, 5) is 0. The van der Waals surface area contributed by atoms with E-state index in [1.165, 1.54) is 0 Å². The lowest BCUT2D eigenvalue weighted by Crippen LogP contribution is -2.04. The fourth-order valence-corrected chi connectivity index (χ4v) is 2.24. The van der Waals surface area contributed by atoms with Crippen LogP contribution in [0.5, 0.6) is 17.2 Å². The molecule has 0 atom stereocenters. The highest BCUT2D eigenvalue weighted by Crippen LogP contribution is 2.38. The van der Waals surface area contributed by atoms with E-state index in [0.717, 1.165) is 24.3 Å². The summed E-state index contributed by atoms with van der Waals surface area (Å²) in [5.74, 6) is 2.74. The van der Waals surface area contributed by atoms with Crippen molar-refractivity contribution in [1.82, 2.24) is 9.78 Å². The zero-order valence-corrected chi connectivity index (χ0v) is 13.5. The first kappa shape index (κ1) is 16.0. The number of methoxy groups -OCH3 is 3. The summed E-state index contributed by atoms with van der Waals surface area (Å²) in [6.45, 7) is 3.68. The zero-order chi connectivity index (χ0) is 15.9. The fourth-order valence-electron chi connectivity index (χ4n) is 2.24. The van der Waals surface area contributed by atoms with Gasteiger partial charge in [-0.2, -0.15) is 5.10 Å². The van der Waals surface area contributed by atoms with Crippen molar-refractivity contribution in [1.29, 1.82) is 0 Å². The van der Waals surface area contributed by atoms with Crippen LogP contribution in [0.4, 0.5) is 5.82 Å². The van der Waals surface area contributed by atoms with Crippen molar-refractivity contribution in [3.63, 3.8) is 0 Å². The second-order valence-electron chi connectivity index (χ2n) is 4.85. The Morgan fingerprint density at radius 3 is 2.32 bits per heavy atom. The predicted molar refractivity (Wildman–Crippen MR) is 85.9 cm³/mol. The van der Waals surface area contributed by atoms with Crippen LogP contribution in [0.1, 0.15) is 18.9 Å². The minimum atomic E-state index is 0.598. The highest BCUT2D eigenvalue weighted by atomic mass is 16.5. The van der Waals surface area contributed by atoms with Gasteiger partial charge in [0.15, 0.2) is 11.5 Å². The Labute approximate surface area is 131 Å². The van der Waals surface area contributed by atoms with Gasteiger partial charge < -0.3 is 19.5 Å². The maximum absolute atomic E-state index is 5.35. The van der Waals surface area contributed by atoms with Crippen LogP contribution in [-0.4, -0.2) is 31.1 Å².